The fourth-order valence-corrected chi connectivity index (χ4v) is 4.38. The van der Waals surface area contributed by atoms with Crippen LogP contribution in [0.25, 0.3) is 0 Å². The molecule has 9 heteroatoms. The van der Waals surface area contributed by atoms with Crippen molar-refractivity contribution in [3.05, 3.63) is 34.6 Å². The zero-order chi connectivity index (χ0) is 18.6. The van der Waals surface area contributed by atoms with Crippen molar-refractivity contribution in [2.75, 3.05) is 25.4 Å². The third-order valence-corrected chi connectivity index (χ3v) is 6.66. The average Bonchev–Trinajstić information content (AvgIpc) is 2.56. The summed E-state index contributed by atoms with van der Waals surface area (Å²) in [4.78, 5) is 13.0. The lowest BCUT2D eigenvalue weighted by molar-refractivity contribution is -0.139. The summed E-state index contributed by atoms with van der Waals surface area (Å²) in [7, 11) is -3.23. The summed E-state index contributed by atoms with van der Waals surface area (Å²) >= 11 is 6.05. The van der Waals surface area contributed by atoms with Gasteiger partial charge in [-0.1, -0.05) is 17.7 Å². The minimum atomic E-state index is -3.23. The molecule has 0 aromatic heterocycles. The lowest BCUT2D eigenvalue weighted by Gasteiger charge is -2.37. The number of carbonyl (C=O) groups is 1. The van der Waals surface area contributed by atoms with E-state index in [1.54, 1.807) is 17.9 Å². The molecule has 1 N–H and O–H groups in total. The number of carboxylic acid groups (broad SMARTS) is 1. The topological polar surface area (TPSA) is 77.9 Å². The van der Waals surface area contributed by atoms with Crippen molar-refractivity contribution in [1.82, 2.24) is 9.21 Å². The van der Waals surface area contributed by atoms with Gasteiger partial charge in [0.15, 0.2) is 0 Å². The minimum absolute atomic E-state index is 0.0572. The van der Waals surface area contributed by atoms with E-state index in [1.807, 2.05) is 0 Å². The van der Waals surface area contributed by atoms with Crippen molar-refractivity contribution in [3.8, 4) is 0 Å². The van der Waals surface area contributed by atoms with Gasteiger partial charge >= 0.3 is 5.97 Å². The first-order valence-corrected chi connectivity index (χ1v) is 10.1. The highest BCUT2D eigenvalue weighted by Gasteiger charge is 2.30. The highest BCUT2D eigenvalue weighted by atomic mass is 35.5. The third kappa shape index (κ3) is 5.37. The smallest absolute Gasteiger partial charge is 0.317 e. The Kier molecular flexibility index (Phi) is 6.79. The summed E-state index contributed by atoms with van der Waals surface area (Å²) in [6.45, 7) is 2.44. The molecule has 0 spiro atoms. The van der Waals surface area contributed by atoms with Crippen molar-refractivity contribution in [2.45, 2.75) is 32.4 Å². The van der Waals surface area contributed by atoms with Crippen LogP contribution in [0, 0.1) is 5.82 Å². The molecule has 0 unspecified atom stereocenters. The highest BCUT2D eigenvalue weighted by Crippen LogP contribution is 2.24. The Hall–Kier alpha value is -1.22. The first-order chi connectivity index (χ1) is 11.7. The first kappa shape index (κ1) is 20.1. The number of carboxylic acids is 1. The molecule has 25 heavy (non-hydrogen) atoms. The minimum Gasteiger partial charge on any atom is -0.480 e. The second-order valence-electron chi connectivity index (χ2n) is 6.07. The number of sulfonamides is 1. The summed E-state index contributed by atoms with van der Waals surface area (Å²) in [5.41, 5.74) is 0.646. The lowest BCUT2D eigenvalue weighted by Crippen LogP contribution is -2.48. The zero-order valence-electron chi connectivity index (χ0n) is 14.0. The van der Waals surface area contributed by atoms with Crippen LogP contribution in [0.5, 0.6) is 0 Å². The van der Waals surface area contributed by atoms with Crippen LogP contribution in [0.3, 0.4) is 0 Å². The molecule has 0 aliphatic carbocycles. The van der Waals surface area contributed by atoms with Crippen LogP contribution >= 0.6 is 11.6 Å². The maximum absolute atomic E-state index is 13.2. The quantitative estimate of drug-likeness (QED) is 0.769. The fourth-order valence-electron chi connectivity index (χ4n) is 3.02. The van der Waals surface area contributed by atoms with Crippen molar-refractivity contribution in [3.63, 3.8) is 0 Å². The standard InChI is InChI=1S/C16H22ClFN2O4S/c1-2-25(23,24)20-7-5-14(6-8-20)19(11-16(21)22)10-12-3-4-13(18)9-15(12)17/h3-4,9,14H,2,5-8,10-11H2,1H3,(H,21,22). The summed E-state index contributed by atoms with van der Waals surface area (Å²) in [5.74, 6) is -1.36. The van der Waals surface area contributed by atoms with Gasteiger partial charge in [0.05, 0.1) is 12.3 Å². The molecule has 2 rings (SSSR count). The lowest BCUT2D eigenvalue weighted by atomic mass is 10.0. The summed E-state index contributed by atoms with van der Waals surface area (Å²) in [5, 5.41) is 9.44. The van der Waals surface area contributed by atoms with Crippen LogP contribution in [0.15, 0.2) is 18.2 Å². The second-order valence-corrected chi connectivity index (χ2v) is 8.73. The van der Waals surface area contributed by atoms with Gasteiger partial charge in [-0.15, -0.1) is 0 Å². The highest BCUT2D eigenvalue weighted by molar-refractivity contribution is 7.89. The molecule has 1 aromatic rings. The van der Waals surface area contributed by atoms with Gasteiger partial charge in [-0.2, -0.15) is 0 Å². The van der Waals surface area contributed by atoms with Crippen molar-refractivity contribution >= 4 is 27.6 Å². The van der Waals surface area contributed by atoms with Crippen LogP contribution in [-0.2, 0) is 21.4 Å². The molecular weight excluding hydrogens is 371 g/mol. The number of nitrogens with zero attached hydrogens (tertiary/aromatic N) is 2. The number of aliphatic carboxylic acids is 1. The molecule has 1 fully saturated rings. The Balaban J connectivity index is 2.09. The normalized spacial score (nSPS) is 17.1. The van der Waals surface area contributed by atoms with E-state index >= 15 is 0 Å². The number of rotatable bonds is 7. The molecule has 1 aliphatic rings. The van der Waals surface area contributed by atoms with Crippen molar-refractivity contribution in [1.29, 1.82) is 0 Å². The predicted molar refractivity (Wildman–Crippen MR) is 93.5 cm³/mol. The molecule has 0 bridgehead atoms. The van der Waals surface area contributed by atoms with Crippen molar-refractivity contribution in [2.24, 2.45) is 0 Å². The number of halogens is 2. The molecule has 1 heterocycles. The van der Waals surface area contributed by atoms with Gasteiger partial charge in [-0.25, -0.2) is 17.1 Å². The Bertz CT molecular complexity index is 721. The third-order valence-electron chi connectivity index (χ3n) is 4.42. The Morgan fingerprint density at radius 1 is 1.40 bits per heavy atom. The second kappa shape index (κ2) is 8.44. The average molecular weight is 393 g/mol. The summed E-state index contributed by atoms with van der Waals surface area (Å²) < 4.78 is 38.5. The van der Waals surface area contributed by atoms with E-state index in [1.165, 1.54) is 16.4 Å². The molecule has 6 nitrogen and oxygen atoms in total. The van der Waals surface area contributed by atoms with Gasteiger partial charge in [0, 0.05) is 30.7 Å². The van der Waals surface area contributed by atoms with Gasteiger partial charge < -0.3 is 5.11 Å². The van der Waals surface area contributed by atoms with E-state index in [4.69, 9.17) is 11.6 Å². The maximum atomic E-state index is 13.2. The van der Waals surface area contributed by atoms with Crippen molar-refractivity contribution < 1.29 is 22.7 Å². The molecule has 1 aromatic carbocycles. The number of hydrogen-bond acceptors (Lipinski definition) is 4. The van der Waals surface area contributed by atoms with E-state index < -0.39 is 21.8 Å². The maximum Gasteiger partial charge on any atom is 0.317 e. The largest absolute Gasteiger partial charge is 0.480 e. The van der Waals surface area contributed by atoms with Gasteiger partial charge in [0.25, 0.3) is 0 Å². The molecule has 0 atom stereocenters. The van der Waals surface area contributed by atoms with E-state index in [0.29, 0.717) is 31.5 Å². The molecule has 1 aliphatic heterocycles. The first-order valence-electron chi connectivity index (χ1n) is 8.10. The Morgan fingerprint density at radius 3 is 2.56 bits per heavy atom. The van der Waals surface area contributed by atoms with E-state index in [0.717, 1.165) is 0 Å². The van der Waals surface area contributed by atoms with Gasteiger partial charge in [-0.05, 0) is 37.5 Å². The number of piperidine rings is 1. The van der Waals surface area contributed by atoms with E-state index in [-0.39, 0.29) is 29.9 Å². The summed E-state index contributed by atoms with van der Waals surface area (Å²) in [6, 6.07) is 3.96. The molecular formula is C16H22ClFN2O4S. The predicted octanol–water partition coefficient (Wildman–Crippen LogP) is 2.18. The van der Waals surface area contributed by atoms with Gasteiger partial charge in [-0.3, -0.25) is 9.69 Å². The molecule has 0 radical (unpaired) electrons. The van der Waals surface area contributed by atoms with Gasteiger partial charge in [0.2, 0.25) is 10.0 Å². The van der Waals surface area contributed by atoms with Crippen LogP contribution in [0.4, 0.5) is 4.39 Å². The Labute approximate surface area is 152 Å². The van der Waals surface area contributed by atoms with Crippen LogP contribution in [0.1, 0.15) is 25.3 Å². The van der Waals surface area contributed by atoms with E-state index in [2.05, 4.69) is 0 Å². The molecule has 140 valence electrons. The van der Waals surface area contributed by atoms with Crippen LogP contribution in [0.2, 0.25) is 5.02 Å². The van der Waals surface area contributed by atoms with Gasteiger partial charge in [0.1, 0.15) is 5.82 Å². The fraction of sp³-hybridized carbons (Fsp3) is 0.562. The van der Waals surface area contributed by atoms with Crippen LogP contribution < -0.4 is 0 Å². The summed E-state index contributed by atoms with van der Waals surface area (Å²) in [6.07, 6.45) is 1.09. The zero-order valence-corrected chi connectivity index (χ0v) is 15.6. The van der Waals surface area contributed by atoms with E-state index in [9.17, 15) is 22.7 Å². The number of benzene rings is 1. The SMILES string of the molecule is CCS(=O)(=O)N1CCC(N(CC(=O)O)Cc2ccc(F)cc2Cl)CC1. The molecule has 0 saturated carbocycles. The monoisotopic (exact) mass is 392 g/mol. The molecule has 1 saturated heterocycles. The van der Waals surface area contributed by atoms with Crippen LogP contribution in [-0.4, -0.2) is 60.1 Å². The number of hydrogen-bond donors (Lipinski definition) is 1. The molecule has 0 amide bonds. The Morgan fingerprint density at radius 2 is 2.04 bits per heavy atom.